The zero-order chi connectivity index (χ0) is 27.9. The number of hydrogen-bond acceptors (Lipinski definition) is 9. The number of carbonyl (C=O) groups excluding carboxylic acids is 1. The van der Waals surface area contributed by atoms with Crippen molar-refractivity contribution in [2.75, 3.05) is 36.4 Å². The van der Waals surface area contributed by atoms with Crippen LogP contribution in [0.25, 0.3) is 5.82 Å². The van der Waals surface area contributed by atoms with Crippen molar-refractivity contribution in [1.29, 1.82) is 0 Å². The Kier molecular flexibility index (Phi) is 6.66. The van der Waals surface area contributed by atoms with Gasteiger partial charge in [-0.05, 0) is 45.2 Å². The van der Waals surface area contributed by atoms with Crippen LogP contribution in [0.1, 0.15) is 42.8 Å². The molecule has 0 bridgehead atoms. The van der Waals surface area contributed by atoms with Crippen molar-refractivity contribution in [1.82, 2.24) is 45.1 Å². The average Bonchev–Trinajstić information content (AvgIpc) is 3.55. The van der Waals surface area contributed by atoms with Crippen LogP contribution in [0.4, 0.5) is 22.0 Å². The van der Waals surface area contributed by atoms with Crippen LogP contribution in [0.5, 0.6) is 0 Å². The first-order chi connectivity index (χ1) is 19.2. The maximum absolute atomic E-state index is 13.3. The number of aromatic amines is 1. The van der Waals surface area contributed by atoms with Gasteiger partial charge in [0.05, 0.1) is 24.5 Å². The Hall–Kier alpha value is -4.39. The molecule has 13 heteroatoms. The van der Waals surface area contributed by atoms with Crippen LogP contribution in [-0.2, 0) is 4.79 Å². The predicted molar refractivity (Wildman–Crippen MR) is 147 cm³/mol. The number of hydrogen-bond donors (Lipinski definition) is 3. The largest absolute Gasteiger partial charge is 0.348 e. The summed E-state index contributed by atoms with van der Waals surface area (Å²) in [6, 6.07) is 7.57. The van der Waals surface area contributed by atoms with Crippen molar-refractivity contribution in [2.24, 2.45) is 0 Å². The molecule has 2 fully saturated rings. The van der Waals surface area contributed by atoms with E-state index in [1.807, 2.05) is 38.1 Å². The molecule has 1 amide bonds. The summed E-state index contributed by atoms with van der Waals surface area (Å²) in [4.78, 5) is 31.1. The number of pyridine rings is 1. The van der Waals surface area contributed by atoms with Crippen LogP contribution in [0.3, 0.4) is 0 Å². The lowest BCUT2D eigenvalue weighted by molar-refractivity contribution is -0.129. The van der Waals surface area contributed by atoms with Gasteiger partial charge < -0.3 is 15.5 Å². The van der Waals surface area contributed by atoms with Crippen molar-refractivity contribution in [2.45, 2.75) is 45.2 Å². The molecule has 6 rings (SSSR count). The number of carbonyl (C=O) groups is 1. The van der Waals surface area contributed by atoms with Crippen molar-refractivity contribution in [3.63, 3.8) is 0 Å². The summed E-state index contributed by atoms with van der Waals surface area (Å²) in [5.41, 5.74) is 2.49. The quantitative estimate of drug-likeness (QED) is 0.335. The van der Waals surface area contributed by atoms with Gasteiger partial charge in [0.1, 0.15) is 5.82 Å². The molecule has 0 saturated carbocycles. The van der Waals surface area contributed by atoms with E-state index in [4.69, 9.17) is 4.98 Å². The third-order valence-electron chi connectivity index (χ3n) is 7.65. The zero-order valence-electron chi connectivity index (χ0n) is 22.7. The third kappa shape index (κ3) is 5.37. The van der Waals surface area contributed by atoms with E-state index in [2.05, 4.69) is 52.6 Å². The number of halogens is 1. The number of amides is 1. The molecule has 0 aliphatic carbocycles. The second kappa shape index (κ2) is 10.3. The fourth-order valence-electron chi connectivity index (χ4n) is 5.48. The highest BCUT2D eigenvalue weighted by Crippen LogP contribution is 2.32. The Balaban J connectivity index is 1.12. The Morgan fingerprint density at radius 1 is 1.10 bits per heavy atom. The molecule has 4 aromatic rings. The van der Waals surface area contributed by atoms with Crippen molar-refractivity contribution in [3.05, 3.63) is 65.6 Å². The number of nitrogens with zero attached hydrogens (tertiary/aromatic N) is 8. The number of aryl methyl sites for hydroxylation is 2. The van der Waals surface area contributed by atoms with Gasteiger partial charge in [0.25, 0.3) is 0 Å². The summed E-state index contributed by atoms with van der Waals surface area (Å²) in [5, 5.41) is 17.7. The lowest BCUT2D eigenvalue weighted by atomic mass is 9.84. The molecule has 0 radical (unpaired) electrons. The molecule has 3 N–H and O–H groups in total. The maximum Gasteiger partial charge on any atom is 0.234 e. The van der Waals surface area contributed by atoms with Crippen molar-refractivity contribution in [3.8, 4) is 5.82 Å². The normalized spacial score (nSPS) is 18.1. The second-order valence-electron chi connectivity index (χ2n) is 10.7. The molecule has 0 unspecified atom stereocenters. The standard InChI is InChI=1S/C27H32FN11O/c1-17-10-22(32-23-11-18(2)35-36-23)33-26(31-17)37-8-6-27(7-9-37)16-38(15-25(40)34-27)19(3)20-4-5-24(29-12-20)39-14-21(28)13-30-39/h4-5,10-14,19H,6-9,15-16H2,1-3H3,(H,34,40)(H2,31,32,33,35,36)/t19-/m0/s1. The summed E-state index contributed by atoms with van der Waals surface area (Å²) < 4.78 is 14.7. The van der Waals surface area contributed by atoms with Gasteiger partial charge in [0, 0.05) is 55.4 Å². The lowest BCUT2D eigenvalue weighted by Crippen LogP contribution is -2.66. The average molecular weight is 546 g/mol. The number of piperazine rings is 1. The van der Waals surface area contributed by atoms with Crippen LogP contribution in [-0.4, -0.2) is 77.5 Å². The molecule has 4 aromatic heterocycles. The monoisotopic (exact) mass is 545 g/mol. The van der Waals surface area contributed by atoms with Gasteiger partial charge in [-0.1, -0.05) is 6.07 Å². The molecule has 6 heterocycles. The highest BCUT2D eigenvalue weighted by molar-refractivity contribution is 5.80. The number of anilines is 3. The van der Waals surface area contributed by atoms with Crippen LogP contribution >= 0.6 is 0 Å². The maximum atomic E-state index is 13.3. The van der Waals surface area contributed by atoms with Crippen molar-refractivity contribution >= 4 is 23.5 Å². The SMILES string of the molecule is Cc1cc(Nc2cc(C)[nH]n2)nc(N2CCC3(CC2)CN([C@@H](C)c2ccc(-n4cc(F)cn4)nc2)CC(=O)N3)n1. The van der Waals surface area contributed by atoms with Crippen LogP contribution in [0.2, 0.25) is 0 Å². The van der Waals surface area contributed by atoms with E-state index >= 15 is 0 Å². The molecule has 2 aliphatic heterocycles. The Bertz CT molecular complexity index is 1510. The first-order valence-corrected chi connectivity index (χ1v) is 13.4. The highest BCUT2D eigenvalue weighted by atomic mass is 19.1. The number of rotatable bonds is 6. The molecule has 2 saturated heterocycles. The molecule has 208 valence electrons. The molecule has 0 aromatic carbocycles. The fraction of sp³-hybridized carbons (Fsp3) is 0.407. The van der Waals surface area contributed by atoms with Gasteiger partial charge in [-0.25, -0.2) is 19.0 Å². The minimum Gasteiger partial charge on any atom is -0.348 e. The molecule has 1 spiro atoms. The minimum absolute atomic E-state index is 0.0173. The van der Waals surface area contributed by atoms with Gasteiger partial charge in [0.15, 0.2) is 17.5 Å². The van der Waals surface area contributed by atoms with E-state index in [1.165, 1.54) is 10.9 Å². The molecule has 1 atom stereocenters. The zero-order valence-corrected chi connectivity index (χ0v) is 22.7. The Morgan fingerprint density at radius 3 is 2.60 bits per heavy atom. The summed E-state index contributed by atoms with van der Waals surface area (Å²) in [6.45, 7) is 8.49. The molecule has 2 aliphatic rings. The van der Waals surface area contributed by atoms with E-state index in [0.29, 0.717) is 29.9 Å². The Labute approximate surface area is 231 Å². The van der Waals surface area contributed by atoms with E-state index in [1.54, 1.807) is 6.20 Å². The summed E-state index contributed by atoms with van der Waals surface area (Å²) in [5.74, 6) is 2.22. The summed E-state index contributed by atoms with van der Waals surface area (Å²) in [6.07, 6.45) is 5.77. The van der Waals surface area contributed by atoms with Gasteiger partial charge in [0.2, 0.25) is 11.9 Å². The van der Waals surface area contributed by atoms with Crippen LogP contribution < -0.4 is 15.5 Å². The van der Waals surface area contributed by atoms with Gasteiger partial charge in [-0.15, -0.1) is 0 Å². The number of aromatic nitrogens is 7. The Morgan fingerprint density at radius 2 is 1.93 bits per heavy atom. The lowest BCUT2D eigenvalue weighted by Gasteiger charge is -2.49. The molecule has 40 heavy (non-hydrogen) atoms. The molecular formula is C27H32FN11O. The smallest absolute Gasteiger partial charge is 0.234 e. The highest BCUT2D eigenvalue weighted by Gasteiger charge is 2.42. The van der Waals surface area contributed by atoms with Crippen LogP contribution in [0, 0.1) is 19.7 Å². The number of piperidine rings is 1. The second-order valence-corrected chi connectivity index (χ2v) is 10.7. The minimum atomic E-state index is -0.412. The van der Waals surface area contributed by atoms with E-state index in [9.17, 15) is 9.18 Å². The summed E-state index contributed by atoms with van der Waals surface area (Å²) >= 11 is 0. The first kappa shape index (κ1) is 25.9. The summed E-state index contributed by atoms with van der Waals surface area (Å²) in [7, 11) is 0. The number of nitrogens with one attached hydrogen (secondary N) is 3. The van der Waals surface area contributed by atoms with Gasteiger partial charge in [-0.3, -0.25) is 14.8 Å². The first-order valence-electron chi connectivity index (χ1n) is 13.4. The number of H-pyrrole nitrogens is 1. The van der Waals surface area contributed by atoms with Crippen molar-refractivity contribution < 1.29 is 9.18 Å². The van der Waals surface area contributed by atoms with Gasteiger partial charge in [-0.2, -0.15) is 15.2 Å². The van der Waals surface area contributed by atoms with Crippen LogP contribution in [0.15, 0.2) is 42.9 Å². The van der Waals surface area contributed by atoms with E-state index in [-0.39, 0.29) is 17.5 Å². The van der Waals surface area contributed by atoms with Gasteiger partial charge >= 0.3 is 0 Å². The topological polar surface area (TPSA) is 133 Å². The van der Waals surface area contributed by atoms with E-state index < -0.39 is 5.82 Å². The third-order valence-corrected chi connectivity index (χ3v) is 7.65. The predicted octanol–water partition coefficient (Wildman–Crippen LogP) is 2.81. The van der Waals surface area contributed by atoms with E-state index in [0.717, 1.165) is 55.6 Å². The molecular weight excluding hydrogens is 513 g/mol. The fourth-order valence-corrected chi connectivity index (χ4v) is 5.48. The molecule has 12 nitrogen and oxygen atoms in total.